The zero-order valence-corrected chi connectivity index (χ0v) is 10.4. The van der Waals surface area contributed by atoms with Crippen LogP contribution in [0, 0.1) is 11.8 Å². The summed E-state index contributed by atoms with van der Waals surface area (Å²) >= 11 is 2.41. The largest absolute Gasteiger partial charge is 0.245 e. The Morgan fingerprint density at radius 1 is 1.09 bits per heavy atom. The zero-order chi connectivity index (χ0) is 9.02. The van der Waals surface area contributed by atoms with Gasteiger partial charge in [0.1, 0.15) is 0 Å². The highest BCUT2D eigenvalue weighted by molar-refractivity contribution is 14.1. The zero-order valence-electron chi connectivity index (χ0n) is 8.26. The lowest BCUT2D eigenvalue weighted by molar-refractivity contribution is 0.310. The Labute approximate surface area is 85.0 Å². The standard InChI is InChI=1S/C9H20IN/c1-7(2)9(5)6-11(10)8(3)4/h7-9H,6H2,1-5H3. The summed E-state index contributed by atoms with van der Waals surface area (Å²) in [5.41, 5.74) is 0. The molecule has 11 heavy (non-hydrogen) atoms. The van der Waals surface area contributed by atoms with Crippen LogP contribution in [0.4, 0.5) is 0 Å². The Hall–Kier alpha value is 0.690. The van der Waals surface area contributed by atoms with E-state index in [0.717, 1.165) is 11.8 Å². The molecular formula is C9H20IN. The van der Waals surface area contributed by atoms with Crippen molar-refractivity contribution in [3.8, 4) is 0 Å². The lowest BCUT2D eigenvalue weighted by Crippen LogP contribution is -2.27. The topological polar surface area (TPSA) is 3.24 Å². The minimum Gasteiger partial charge on any atom is -0.245 e. The van der Waals surface area contributed by atoms with Crippen LogP contribution in [0.25, 0.3) is 0 Å². The lowest BCUT2D eigenvalue weighted by atomic mass is 9.98. The molecule has 68 valence electrons. The van der Waals surface area contributed by atoms with Gasteiger partial charge in [0, 0.05) is 35.5 Å². The highest BCUT2D eigenvalue weighted by atomic mass is 127. The van der Waals surface area contributed by atoms with Crippen LogP contribution in [0.1, 0.15) is 34.6 Å². The highest BCUT2D eigenvalue weighted by Gasteiger charge is 2.12. The summed E-state index contributed by atoms with van der Waals surface area (Å²) in [6.07, 6.45) is 0. The normalized spacial score (nSPS) is 15.0. The van der Waals surface area contributed by atoms with Crippen molar-refractivity contribution in [1.29, 1.82) is 0 Å². The summed E-state index contributed by atoms with van der Waals surface area (Å²) in [7, 11) is 0. The fourth-order valence-corrected chi connectivity index (χ4v) is 1.32. The van der Waals surface area contributed by atoms with Gasteiger partial charge in [-0.3, -0.25) is 0 Å². The smallest absolute Gasteiger partial charge is 0.0204 e. The first-order chi connectivity index (χ1) is 4.95. The van der Waals surface area contributed by atoms with Crippen molar-refractivity contribution in [2.45, 2.75) is 40.7 Å². The average Bonchev–Trinajstić information content (AvgIpc) is 1.87. The minimum atomic E-state index is 0.664. The second-order valence-corrected chi connectivity index (χ2v) is 5.14. The van der Waals surface area contributed by atoms with E-state index in [4.69, 9.17) is 0 Å². The first kappa shape index (κ1) is 11.7. The van der Waals surface area contributed by atoms with E-state index < -0.39 is 0 Å². The van der Waals surface area contributed by atoms with Gasteiger partial charge in [0.25, 0.3) is 0 Å². The number of hydrogen-bond acceptors (Lipinski definition) is 1. The van der Waals surface area contributed by atoms with Gasteiger partial charge in [-0.15, -0.1) is 0 Å². The third-order valence-electron chi connectivity index (χ3n) is 2.16. The van der Waals surface area contributed by atoms with Crippen LogP contribution >= 0.6 is 22.9 Å². The quantitative estimate of drug-likeness (QED) is 0.559. The van der Waals surface area contributed by atoms with E-state index in [1.54, 1.807) is 0 Å². The second-order valence-electron chi connectivity index (χ2n) is 3.90. The van der Waals surface area contributed by atoms with E-state index in [0.29, 0.717) is 6.04 Å². The summed E-state index contributed by atoms with van der Waals surface area (Å²) < 4.78 is 2.38. The Morgan fingerprint density at radius 2 is 1.55 bits per heavy atom. The van der Waals surface area contributed by atoms with E-state index in [1.807, 2.05) is 0 Å². The molecule has 0 saturated heterocycles. The predicted molar refractivity (Wildman–Crippen MR) is 59.9 cm³/mol. The summed E-state index contributed by atoms with van der Waals surface area (Å²) in [4.78, 5) is 0. The van der Waals surface area contributed by atoms with Gasteiger partial charge in [-0.25, -0.2) is 3.11 Å². The lowest BCUT2D eigenvalue weighted by Gasteiger charge is -2.24. The van der Waals surface area contributed by atoms with Gasteiger partial charge >= 0.3 is 0 Å². The SMILES string of the molecule is CC(C)C(C)CN(I)C(C)C. The molecule has 0 bridgehead atoms. The number of rotatable bonds is 4. The molecule has 0 spiro atoms. The van der Waals surface area contributed by atoms with Gasteiger partial charge in [-0.05, 0) is 25.7 Å². The van der Waals surface area contributed by atoms with Crippen molar-refractivity contribution >= 4 is 22.9 Å². The number of nitrogens with zero attached hydrogens (tertiary/aromatic N) is 1. The van der Waals surface area contributed by atoms with Gasteiger partial charge in [0.05, 0.1) is 0 Å². The second kappa shape index (κ2) is 5.36. The molecule has 1 nitrogen and oxygen atoms in total. The van der Waals surface area contributed by atoms with Crippen LogP contribution in [-0.2, 0) is 0 Å². The van der Waals surface area contributed by atoms with Crippen molar-refractivity contribution in [3.63, 3.8) is 0 Å². The number of halogens is 1. The highest BCUT2D eigenvalue weighted by Crippen LogP contribution is 2.15. The molecular weight excluding hydrogens is 249 g/mol. The maximum absolute atomic E-state index is 2.41. The molecule has 0 amide bonds. The maximum Gasteiger partial charge on any atom is 0.0204 e. The third kappa shape index (κ3) is 5.01. The Balaban J connectivity index is 3.66. The molecule has 0 N–H and O–H groups in total. The van der Waals surface area contributed by atoms with Crippen LogP contribution in [0.3, 0.4) is 0 Å². The average molecular weight is 269 g/mol. The molecule has 2 heteroatoms. The molecule has 0 fully saturated rings. The van der Waals surface area contributed by atoms with Crippen molar-refractivity contribution in [2.75, 3.05) is 6.54 Å². The summed E-state index contributed by atoms with van der Waals surface area (Å²) in [5.74, 6) is 1.60. The summed E-state index contributed by atoms with van der Waals surface area (Å²) in [6.45, 7) is 12.6. The van der Waals surface area contributed by atoms with Crippen LogP contribution < -0.4 is 0 Å². The first-order valence-electron chi connectivity index (χ1n) is 4.37. The third-order valence-corrected chi connectivity index (χ3v) is 3.67. The van der Waals surface area contributed by atoms with Crippen molar-refractivity contribution in [2.24, 2.45) is 11.8 Å². The Bertz CT molecular complexity index is 89.7. The Morgan fingerprint density at radius 3 is 1.82 bits per heavy atom. The molecule has 0 heterocycles. The van der Waals surface area contributed by atoms with E-state index in [1.165, 1.54) is 6.54 Å². The summed E-state index contributed by atoms with van der Waals surface area (Å²) in [5, 5.41) is 0. The van der Waals surface area contributed by atoms with Crippen LogP contribution in [-0.4, -0.2) is 15.7 Å². The molecule has 0 aromatic carbocycles. The first-order valence-corrected chi connectivity index (χ1v) is 5.34. The van der Waals surface area contributed by atoms with E-state index >= 15 is 0 Å². The Kier molecular flexibility index (Phi) is 5.69. The monoisotopic (exact) mass is 269 g/mol. The minimum absolute atomic E-state index is 0.664. The van der Waals surface area contributed by atoms with E-state index in [2.05, 4.69) is 60.6 Å². The fraction of sp³-hybridized carbons (Fsp3) is 1.00. The van der Waals surface area contributed by atoms with Gasteiger partial charge in [0.2, 0.25) is 0 Å². The van der Waals surface area contributed by atoms with Crippen molar-refractivity contribution < 1.29 is 0 Å². The molecule has 1 atom stereocenters. The summed E-state index contributed by atoms with van der Waals surface area (Å²) in [6, 6.07) is 0.664. The molecule has 0 aromatic rings. The van der Waals surface area contributed by atoms with E-state index in [-0.39, 0.29) is 0 Å². The van der Waals surface area contributed by atoms with Crippen LogP contribution in [0.2, 0.25) is 0 Å². The van der Waals surface area contributed by atoms with Crippen LogP contribution in [0.15, 0.2) is 0 Å². The molecule has 0 aliphatic rings. The maximum atomic E-state index is 2.41. The molecule has 0 rings (SSSR count). The van der Waals surface area contributed by atoms with Gasteiger partial charge < -0.3 is 0 Å². The molecule has 0 aliphatic carbocycles. The van der Waals surface area contributed by atoms with E-state index in [9.17, 15) is 0 Å². The predicted octanol–water partition coefficient (Wildman–Crippen LogP) is 3.34. The molecule has 0 saturated carbocycles. The molecule has 1 unspecified atom stereocenters. The molecule has 0 aliphatic heterocycles. The van der Waals surface area contributed by atoms with Gasteiger partial charge in [-0.2, -0.15) is 0 Å². The van der Waals surface area contributed by atoms with Gasteiger partial charge in [0.15, 0.2) is 0 Å². The van der Waals surface area contributed by atoms with Crippen molar-refractivity contribution in [1.82, 2.24) is 3.11 Å². The van der Waals surface area contributed by atoms with Crippen molar-refractivity contribution in [3.05, 3.63) is 0 Å². The molecule has 0 radical (unpaired) electrons. The fourth-order valence-electron chi connectivity index (χ4n) is 0.697. The van der Waals surface area contributed by atoms with Gasteiger partial charge in [-0.1, -0.05) is 20.8 Å². The number of hydrogen-bond donors (Lipinski definition) is 0. The molecule has 0 aromatic heterocycles. The van der Waals surface area contributed by atoms with Crippen LogP contribution in [0.5, 0.6) is 0 Å².